The van der Waals surface area contributed by atoms with Crippen LogP contribution in [-0.4, -0.2) is 50.0 Å². The summed E-state index contributed by atoms with van der Waals surface area (Å²) >= 11 is 0. The number of ether oxygens (including phenoxy) is 1. The van der Waals surface area contributed by atoms with E-state index in [0.717, 1.165) is 63.2 Å². The van der Waals surface area contributed by atoms with Crippen LogP contribution in [0.25, 0.3) is 0 Å². The summed E-state index contributed by atoms with van der Waals surface area (Å²) in [4.78, 5) is 27.6. The Kier molecular flexibility index (Phi) is 8.53. The summed E-state index contributed by atoms with van der Waals surface area (Å²) in [6, 6.07) is 12.8. The minimum atomic E-state index is -0.184. The molecule has 0 spiro atoms. The molecule has 7 heteroatoms. The van der Waals surface area contributed by atoms with E-state index in [0.29, 0.717) is 22.7 Å². The Morgan fingerprint density at radius 1 is 1.09 bits per heavy atom. The zero-order valence-corrected chi connectivity index (χ0v) is 19.4. The van der Waals surface area contributed by atoms with Gasteiger partial charge in [-0.3, -0.25) is 9.59 Å². The van der Waals surface area contributed by atoms with Gasteiger partial charge in [-0.2, -0.15) is 0 Å². The maximum Gasteiger partial charge on any atom is 0.255 e. The molecule has 0 aromatic heterocycles. The van der Waals surface area contributed by atoms with E-state index in [9.17, 15) is 9.59 Å². The smallest absolute Gasteiger partial charge is 0.255 e. The van der Waals surface area contributed by atoms with E-state index in [4.69, 9.17) is 4.74 Å². The molecule has 4 rings (SSSR count). The van der Waals surface area contributed by atoms with Crippen LogP contribution in [0.4, 0.5) is 5.69 Å². The second-order valence-electron chi connectivity index (χ2n) is 8.48. The van der Waals surface area contributed by atoms with Gasteiger partial charge in [0, 0.05) is 29.9 Å². The van der Waals surface area contributed by atoms with Gasteiger partial charge in [-0.25, -0.2) is 0 Å². The molecule has 0 bridgehead atoms. The van der Waals surface area contributed by atoms with Crippen molar-refractivity contribution in [1.82, 2.24) is 10.2 Å². The van der Waals surface area contributed by atoms with Crippen molar-refractivity contribution < 1.29 is 14.3 Å². The first-order chi connectivity index (χ1) is 15.1. The molecule has 0 aliphatic carbocycles. The third-order valence-corrected chi connectivity index (χ3v) is 6.22. The summed E-state index contributed by atoms with van der Waals surface area (Å²) in [5.74, 6) is 1.23. The average molecular weight is 458 g/mol. The molecule has 0 radical (unpaired) electrons. The highest BCUT2D eigenvalue weighted by atomic mass is 35.5. The van der Waals surface area contributed by atoms with Crippen molar-refractivity contribution in [2.24, 2.45) is 5.92 Å². The number of carbonyl (C=O) groups excluding carboxylic acids is 2. The Bertz CT molecular complexity index is 938. The summed E-state index contributed by atoms with van der Waals surface area (Å²) in [5.41, 5.74) is 2.89. The summed E-state index contributed by atoms with van der Waals surface area (Å²) in [6.07, 6.45) is 5.31. The number of carbonyl (C=O) groups is 2. The molecule has 2 heterocycles. The van der Waals surface area contributed by atoms with Gasteiger partial charge in [0.05, 0.1) is 7.11 Å². The molecule has 2 saturated heterocycles. The van der Waals surface area contributed by atoms with Crippen molar-refractivity contribution in [3.63, 3.8) is 0 Å². The molecule has 2 amide bonds. The summed E-state index contributed by atoms with van der Waals surface area (Å²) < 4.78 is 5.51. The average Bonchev–Trinajstić information content (AvgIpc) is 3.32. The molecule has 32 heavy (non-hydrogen) atoms. The lowest BCUT2D eigenvalue weighted by Crippen LogP contribution is -2.35. The van der Waals surface area contributed by atoms with Crippen LogP contribution in [0.3, 0.4) is 0 Å². The Labute approximate surface area is 196 Å². The maximum absolute atomic E-state index is 12.9. The van der Waals surface area contributed by atoms with Gasteiger partial charge in [-0.1, -0.05) is 6.07 Å². The number of benzene rings is 2. The summed E-state index contributed by atoms with van der Waals surface area (Å²) in [6.45, 7) is 3.65. The van der Waals surface area contributed by atoms with Crippen LogP contribution in [0.5, 0.6) is 5.75 Å². The maximum atomic E-state index is 12.9. The fourth-order valence-electron chi connectivity index (χ4n) is 4.49. The first-order valence-corrected chi connectivity index (χ1v) is 11.2. The van der Waals surface area contributed by atoms with Gasteiger partial charge in [0.2, 0.25) is 0 Å². The van der Waals surface area contributed by atoms with Gasteiger partial charge < -0.3 is 20.3 Å². The fraction of sp³-hybridized carbons (Fsp3) is 0.440. The molecule has 2 fully saturated rings. The fourth-order valence-corrected chi connectivity index (χ4v) is 4.49. The van der Waals surface area contributed by atoms with E-state index < -0.39 is 0 Å². The minimum Gasteiger partial charge on any atom is -0.496 e. The standard InChI is InChI=1S/C25H31N3O3.ClH/c1-31-23-9-8-19(15-21(23)14-18-10-11-26-17-18)24(29)27-22-7-5-6-20(16-22)25(30)28-12-3-2-4-13-28;/h5-9,15-16,18,26H,2-4,10-14,17H2,1H3,(H,27,29);1H. The quantitative estimate of drug-likeness (QED) is 0.683. The van der Waals surface area contributed by atoms with Crippen LogP contribution >= 0.6 is 12.4 Å². The minimum absolute atomic E-state index is 0. The largest absolute Gasteiger partial charge is 0.496 e. The lowest BCUT2D eigenvalue weighted by molar-refractivity contribution is 0.0724. The van der Waals surface area contributed by atoms with Gasteiger partial charge in [0.1, 0.15) is 5.75 Å². The third-order valence-electron chi connectivity index (χ3n) is 6.22. The monoisotopic (exact) mass is 457 g/mol. The van der Waals surface area contributed by atoms with E-state index >= 15 is 0 Å². The number of amides is 2. The Balaban J connectivity index is 0.00000289. The number of rotatable bonds is 6. The van der Waals surface area contributed by atoms with Crippen LogP contribution in [-0.2, 0) is 6.42 Å². The first kappa shape index (κ1) is 24.1. The van der Waals surface area contributed by atoms with Crippen LogP contribution in [0.15, 0.2) is 42.5 Å². The van der Waals surface area contributed by atoms with E-state index in [2.05, 4.69) is 10.6 Å². The van der Waals surface area contributed by atoms with Gasteiger partial charge >= 0.3 is 0 Å². The predicted molar refractivity (Wildman–Crippen MR) is 129 cm³/mol. The Morgan fingerprint density at radius 3 is 2.62 bits per heavy atom. The van der Waals surface area contributed by atoms with Gasteiger partial charge in [-0.05, 0) is 93.1 Å². The van der Waals surface area contributed by atoms with Crippen molar-refractivity contribution in [2.45, 2.75) is 32.1 Å². The Hall–Kier alpha value is -2.57. The number of hydrogen-bond acceptors (Lipinski definition) is 4. The third kappa shape index (κ3) is 5.81. The predicted octanol–water partition coefficient (Wildman–Crippen LogP) is 4.15. The van der Waals surface area contributed by atoms with Crippen molar-refractivity contribution >= 4 is 29.9 Å². The van der Waals surface area contributed by atoms with Crippen molar-refractivity contribution in [2.75, 3.05) is 38.6 Å². The molecule has 1 unspecified atom stereocenters. The zero-order chi connectivity index (χ0) is 21.6. The van der Waals surface area contributed by atoms with Crippen molar-refractivity contribution in [3.05, 3.63) is 59.2 Å². The SMILES string of the molecule is COc1ccc(C(=O)Nc2cccc(C(=O)N3CCCCC3)c2)cc1CC1CCNC1.Cl. The lowest BCUT2D eigenvalue weighted by Gasteiger charge is -2.26. The molecule has 1 atom stereocenters. The Morgan fingerprint density at radius 2 is 1.91 bits per heavy atom. The second kappa shape index (κ2) is 11.3. The van der Waals surface area contributed by atoms with Gasteiger partial charge in [-0.15, -0.1) is 12.4 Å². The topological polar surface area (TPSA) is 70.7 Å². The number of halogens is 1. The van der Waals surface area contributed by atoms with E-state index in [-0.39, 0.29) is 24.2 Å². The first-order valence-electron chi connectivity index (χ1n) is 11.2. The molecule has 2 aromatic carbocycles. The number of piperidine rings is 1. The van der Waals surface area contributed by atoms with Gasteiger partial charge in [0.15, 0.2) is 0 Å². The normalized spacial score (nSPS) is 18.0. The number of nitrogens with zero attached hydrogens (tertiary/aromatic N) is 1. The van der Waals surface area contributed by atoms with E-state index in [1.807, 2.05) is 35.2 Å². The number of nitrogens with one attached hydrogen (secondary N) is 2. The van der Waals surface area contributed by atoms with E-state index in [1.54, 1.807) is 19.2 Å². The lowest BCUT2D eigenvalue weighted by atomic mass is 9.96. The number of methoxy groups -OCH3 is 1. The highest BCUT2D eigenvalue weighted by Crippen LogP contribution is 2.26. The number of likely N-dealkylation sites (tertiary alicyclic amines) is 1. The van der Waals surface area contributed by atoms with Crippen molar-refractivity contribution in [1.29, 1.82) is 0 Å². The summed E-state index contributed by atoms with van der Waals surface area (Å²) in [7, 11) is 1.66. The molecule has 0 saturated carbocycles. The number of hydrogen-bond donors (Lipinski definition) is 2. The molecule has 6 nitrogen and oxygen atoms in total. The van der Waals surface area contributed by atoms with E-state index in [1.165, 1.54) is 6.42 Å². The molecule has 172 valence electrons. The molecular weight excluding hydrogens is 426 g/mol. The van der Waals surface area contributed by atoms with Crippen LogP contribution in [0, 0.1) is 5.92 Å². The molecule has 2 aliphatic rings. The number of anilines is 1. The molecule has 2 aromatic rings. The van der Waals surface area contributed by atoms with Crippen LogP contribution in [0.2, 0.25) is 0 Å². The molecular formula is C25H32ClN3O3. The van der Waals surface area contributed by atoms with Crippen molar-refractivity contribution in [3.8, 4) is 5.75 Å². The highest BCUT2D eigenvalue weighted by molar-refractivity contribution is 6.05. The molecule has 2 N–H and O–H groups in total. The summed E-state index contributed by atoms with van der Waals surface area (Å²) in [5, 5.41) is 6.34. The molecule has 2 aliphatic heterocycles. The zero-order valence-electron chi connectivity index (χ0n) is 18.6. The van der Waals surface area contributed by atoms with Crippen LogP contribution < -0.4 is 15.4 Å². The second-order valence-corrected chi connectivity index (χ2v) is 8.48. The van der Waals surface area contributed by atoms with Crippen LogP contribution in [0.1, 0.15) is 52.0 Å². The highest BCUT2D eigenvalue weighted by Gasteiger charge is 2.20. The van der Waals surface area contributed by atoms with Gasteiger partial charge in [0.25, 0.3) is 11.8 Å².